The van der Waals surface area contributed by atoms with Crippen LogP contribution in [0.15, 0.2) is 53.5 Å². The Labute approximate surface area is 184 Å². The van der Waals surface area contributed by atoms with E-state index in [1.807, 2.05) is 53.2 Å². The average molecular weight is 425 g/mol. The van der Waals surface area contributed by atoms with Crippen molar-refractivity contribution in [3.63, 3.8) is 0 Å². The van der Waals surface area contributed by atoms with Crippen molar-refractivity contribution in [3.05, 3.63) is 59.7 Å². The van der Waals surface area contributed by atoms with E-state index in [1.54, 1.807) is 14.2 Å². The number of carbonyl (C=O) groups is 1. The van der Waals surface area contributed by atoms with Crippen LogP contribution in [0.3, 0.4) is 0 Å². The van der Waals surface area contributed by atoms with E-state index >= 15 is 0 Å². The predicted octanol–water partition coefficient (Wildman–Crippen LogP) is 2.90. The summed E-state index contributed by atoms with van der Waals surface area (Å²) >= 11 is 0. The van der Waals surface area contributed by atoms with Crippen molar-refractivity contribution >= 4 is 11.9 Å². The number of fused-ring (bicyclic) bond motifs is 1. The number of nitrogens with zero attached hydrogens (tertiary/aromatic N) is 3. The predicted molar refractivity (Wildman–Crippen MR) is 122 cm³/mol. The van der Waals surface area contributed by atoms with Gasteiger partial charge in [0.1, 0.15) is 18.1 Å². The topological polar surface area (TPSA) is 66.4 Å². The third kappa shape index (κ3) is 6.38. The van der Waals surface area contributed by atoms with Gasteiger partial charge in [-0.1, -0.05) is 24.3 Å². The van der Waals surface area contributed by atoms with Crippen LogP contribution in [-0.2, 0) is 17.9 Å². The molecule has 31 heavy (non-hydrogen) atoms. The molecule has 1 heterocycles. The molecule has 7 heteroatoms. The summed E-state index contributed by atoms with van der Waals surface area (Å²) in [6.07, 6.45) is 1.29. The van der Waals surface area contributed by atoms with Gasteiger partial charge in [0.25, 0.3) is 0 Å². The Balaban J connectivity index is 1.32. The van der Waals surface area contributed by atoms with Gasteiger partial charge in [-0.05, 0) is 41.8 Å². The number of guanidine groups is 1. The molecule has 0 saturated carbocycles. The molecule has 0 unspecified atom stereocenters. The summed E-state index contributed by atoms with van der Waals surface area (Å²) in [7, 11) is 5.37. The fraction of sp³-hybridized carbons (Fsp3) is 0.417. The highest BCUT2D eigenvalue weighted by Crippen LogP contribution is 2.22. The number of hydrogen-bond donors (Lipinski definition) is 1. The molecule has 0 saturated heterocycles. The fourth-order valence-electron chi connectivity index (χ4n) is 3.57. The van der Waals surface area contributed by atoms with Crippen LogP contribution in [0.25, 0.3) is 0 Å². The Hall–Kier alpha value is -3.22. The maximum Gasteiger partial charge on any atom is 0.223 e. The van der Waals surface area contributed by atoms with Crippen molar-refractivity contribution in [2.75, 3.05) is 40.9 Å². The number of amides is 1. The summed E-state index contributed by atoms with van der Waals surface area (Å²) in [5, 5.41) is 3.33. The third-order valence-corrected chi connectivity index (χ3v) is 5.37. The molecule has 0 radical (unpaired) electrons. The summed E-state index contributed by atoms with van der Waals surface area (Å²) in [4.78, 5) is 20.8. The van der Waals surface area contributed by atoms with Gasteiger partial charge in [0.05, 0.1) is 13.7 Å². The first-order chi connectivity index (χ1) is 15.1. The molecule has 166 valence electrons. The normalized spacial score (nSPS) is 13.0. The molecule has 7 nitrogen and oxygen atoms in total. The van der Waals surface area contributed by atoms with E-state index in [1.165, 1.54) is 11.1 Å². The van der Waals surface area contributed by atoms with Gasteiger partial charge in [0, 0.05) is 40.2 Å². The van der Waals surface area contributed by atoms with E-state index in [2.05, 4.69) is 22.4 Å². The first kappa shape index (κ1) is 22.5. The monoisotopic (exact) mass is 424 g/mol. The second-order valence-electron chi connectivity index (χ2n) is 7.54. The Bertz CT molecular complexity index is 858. The van der Waals surface area contributed by atoms with Gasteiger partial charge in [-0.3, -0.25) is 9.79 Å². The van der Waals surface area contributed by atoms with Crippen LogP contribution in [0, 0.1) is 0 Å². The summed E-state index contributed by atoms with van der Waals surface area (Å²) < 4.78 is 10.9. The standard InChI is InChI=1S/C24H32N4O3/c1-25-24(27(2)15-16-31-22-12-10-21(30-3)11-13-22)26-14-6-9-23(29)28-17-19-7-4-5-8-20(19)18-28/h4-5,7-8,10-13H,6,9,14-18H2,1-3H3,(H,25,26). The Morgan fingerprint density at radius 1 is 1.10 bits per heavy atom. The highest BCUT2D eigenvalue weighted by atomic mass is 16.5. The highest BCUT2D eigenvalue weighted by molar-refractivity contribution is 5.80. The minimum absolute atomic E-state index is 0.203. The zero-order chi connectivity index (χ0) is 22.1. The number of methoxy groups -OCH3 is 1. The Kier molecular flexibility index (Phi) is 8.15. The van der Waals surface area contributed by atoms with Crippen molar-refractivity contribution in [3.8, 4) is 11.5 Å². The summed E-state index contributed by atoms with van der Waals surface area (Å²) in [6, 6.07) is 15.8. The minimum atomic E-state index is 0.203. The van der Waals surface area contributed by atoms with E-state index in [0.29, 0.717) is 26.1 Å². The first-order valence-corrected chi connectivity index (χ1v) is 10.6. The second-order valence-corrected chi connectivity index (χ2v) is 7.54. The fourth-order valence-corrected chi connectivity index (χ4v) is 3.57. The number of hydrogen-bond acceptors (Lipinski definition) is 4. The summed E-state index contributed by atoms with van der Waals surface area (Å²) in [5.41, 5.74) is 2.51. The zero-order valence-electron chi connectivity index (χ0n) is 18.6. The third-order valence-electron chi connectivity index (χ3n) is 5.37. The molecule has 0 atom stereocenters. The maximum absolute atomic E-state index is 12.5. The average Bonchev–Trinajstić information content (AvgIpc) is 3.24. The Morgan fingerprint density at radius 3 is 2.35 bits per heavy atom. The molecular formula is C24H32N4O3. The van der Waals surface area contributed by atoms with Crippen LogP contribution in [0.2, 0.25) is 0 Å². The molecule has 3 rings (SSSR count). The van der Waals surface area contributed by atoms with Gasteiger partial charge in [0.2, 0.25) is 5.91 Å². The quantitative estimate of drug-likeness (QED) is 0.381. The lowest BCUT2D eigenvalue weighted by Gasteiger charge is -2.22. The number of rotatable bonds is 9. The summed E-state index contributed by atoms with van der Waals surface area (Å²) in [5.74, 6) is 2.61. The van der Waals surface area contributed by atoms with Gasteiger partial charge in [-0.2, -0.15) is 0 Å². The molecule has 0 aliphatic carbocycles. The van der Waals surface area contributed by atoms with E-state index in [4.69, 9.17) is 9.47 Å². The first-order valence-electron chi connectivity index (χ1n) is 10.6. The van der Waals surface area contributed by atoms with Gasteiger partial charge >= 0.3 is 0 Å². The summed E-state index contributed by atoms with van der Waals surface area (Å²) in [6.45, 7) is 3.37. The van der Waals surface area contributed by atoms with Crippen LogP contribution in [0.4, 0.5) is 0 Å². The number of ether oxygens (including phenoxy) is 2. The SMILES string of the molecule is CN=C(NCCCC(=O)N1Cc2ccccc2C1)N(C)CCOc1ccc(OC)cc1. The van der Waals surface area contributed by atoms with Crippen LogP contribution in [-0.4, -0.2) is 62.6 Å². The lowest BCUT2D eigenvalue weighted by atomic mass is 10.1. The van der Waals surface area contributed by atoms with Gasteiger partial charge in [-0.15, -0.1) is 0 Å². The lowest BCUT2D eigenvalue weighted by Crippen LogP contribution is -2.41. The highest BCUT2D eigenvalue weighted by Gasteiger charge is 2.22. The second kappa shape index (κ2) is 11.2. The minimum Gasteiger partial charge on any atom is -0.497 e. The molecule has 2 aromatic carbocycles. The molecule has 0 spiro atoms. The molecule has 0 fully saturated rings. The molecule has 2 aromatic rings. The molecule has 1 aliphatic rings. The largest absolute Gasteiger partial charge is 0.497 e. The molecule has 0 bridgehead atoms. The maximum atomic E-state index is 12.5. The smallest absolute Gasteiger partial charge is 0.223 e. The Morgan fingerprint density at radius 2 is 1.74 bits per heavy atom. The number of likely N-dealkylation sites (N-methyl/N-ethyl adjacent to an activating group) is 1. The molecular weight excluding hydrogens is 392 g/mol. The van der Waals surface area contributed by atoms with E-state index in [-0.39, 0.29) is 5.91 Å². The number of aliphatic imine (C=N–C) groups is 1. The lowest BCUT2D eigenvalue weighted by molar-refractivity contribution is -0.131. The number of carbonyl (C=O) groups excluding carboxylic acids is 1. The molecule has 1 N–H and O–H groups in total. The molecule has 0 aromatic heterocycles. The van der Waals surface area contributed by atoms with E-state index < -0.39 is 0 Å². The van der Waals surface area contributed by atoms with E-state index in [0.717, 1.165) is 37.0 Å². The molecule has 1 aliphatic heterocycles. The van der Waals surface area contributed by atoms with Gasteiger partial charge in [0.15, 0.2) is 5.96 Å². The van der Waals surface area contributed by atoms with Crippen LogP contribution < -0.4 is 14.8 Å². The van der Waals surface area contributed by atoms with Crippen LogP contribution in [0.5, 0.6) is 11.5 Å². The van der Waals surface area contributed by atoms with Crippen LogP contribution in [0.1, 0.15) is 24.0 Å². The van der Waals surface area contributed by atoms with Crippen molar-refractivity contribution < 1.29 is 14.3 Å². The van der Waals surface area contributed by atoms with Gasteiger partial charge in [-0.25, -0.2) is 0 Å². The molecule has 1 amide bonds. The number of benzene rings is 2. The van der Waals surface area contributed by atoms with Gasteiger partial charge < -0.3 is 24.6 Å². The number of nitrogens with one attached hydrogen (secondary N) is 1. The van der Waals surface area contributed by atoms with Crippen molar-refractivity contribution in [1.29, 1.82) is 0 Å². The zero-order valence-corrected chi connectivity index (χ0v) is 18.6. The van der Waals surface area contributed by atoms with Crippen molar-refractivity contribution in [2.45, 2.75) is 25.9 Å². The van der Waals surface area contributed by atoms with Crippen molar-refractivity contribution in [2.24, 2.45) is 4.99 Å². The van der Waals surface area contributed by atoms with Crippen LogP contribution >= 0.6 is 0 Å². The van der Waals surface area contributed by atoms with Crippen molar-refractivity contribution in [1.82, 2.24) is 15.1 Å². The van der Waals surface area contributed by atoms with E-state index in [9.17, 15) is 4.79 Å².